The highest BCUT2D eigenvalue weighted by Crippen LogP contribution is 2.29. The molecule has 0 radical (unpaired) electrons. The Hall–Kier alpha value is -1.25. The number of hydrogen-bond donors (Lipinski definition) is 1. The summed E-state index contributed by atoms with van der Waals surface area (Å²) in [7, 11) is 0. The molecule has 0 fully saturated rings. The van der Waals surface area contributed by atoms with Gasteiger partial charge >= 0.3 is 0 Å². The van der Waals surface area contributed by atoms with Gasteiger partial charge in [0.05, 0.1) is 12.5 Å². The van der Waals surface area contributed by atoms with Gasteiger partial charge < -0.3 is 9.73 Å². The topological polar surface area (TPSA) is 25.2 Å². The lowest BCUT2D eigenvalue weighted by atomic mass is 10.0. The molecule has 0 aliphatic heterocycles. The van der Waals surface area contributed by atoms with E-state index in [9.17, 15) is 0 Å². The zero-order valence-electron chi connectivity index (χ0n) is 10.7. The van der Waals surface area contributed by atoms with E-state index in [0.717, 1.165) is 34.7 Å². The van der Waals surface area contributed by atoms with Crippen LogP contribution >= 0.6 is 11.6 Å². The minimum absolute atomic E-state index is 0.274. The number of benzene rings is 1. The van der Waals surface area contributed by atoms with Crippen LogP contribution in [-0.4, -0.2) is 6.54 Å². The van der Waals surface area contributed by atoms with Crippen LogP contribution in [0.1, 0.15) is 31.9 Å². The van der Waals surface area contributed by atoms with E-state index in [2.05, 4.69) is 31.3 Å². The predicted octanol–water partition coefficient (Wildman–Crippen LogP) is 4.66. The van der Waals surface area contributed by atoms with Gasteiger partial charge in [-0.15, -0.1) is 0 Å². The van der Waals surface area contributed by atoms with Crippen molar-refractivity contribution in [3.05, 3.63) is 47.4 Å². The largest absolute Gasteiger partial charge is 0.472 e. The molecule has 1 atom stereocenters. The lowest BCUT2D eigenvalue weighted by Gasteiger charge is -2.15. The van der Waals surface area contributed by atoms with Crippen molar-refractivity contribution in [2.24, 2.45) is 0 Å². The minimum atomic E-state index is 0.274. The van der Waals surface area contributed by atoms with Crippen molar-refractivity contribution >= 4 is 11.6 Å². The summed E-state index contributed by atoms with van der Waals surface area (Å²) >= 11 is 6.35. The van der Waals surface area contributed by atoms with Gasteiger partial charge in [0.15, 0.2) is 0 Å². The van der Waals surface area contributed by atoms with Crippen molar-refractivity contribution < 1.29 is 4.42 Å². The third-order valence-corrected chi connectivity index (χ3v) is 3.35. The van der Waals surface area contributed by atoms with Gasteiger partial charge in [-0.05, 0) is 43.1 Å². The Bertz CT molecular complexity index is 493. The first kappa shape index (κ1) is 13.2. The van der Waals surface area contributed by atoms with Gasteiger partial charge in [-0.3, -0.25) is 0 Å². The van der Waals surface area contributed by atoms with Crippen LogP contribution in [0.15, 0.2) is 41.2 Å². The van der Waals surface area contributed by atoms with Crippen molar-refractivity contribution in [2.45, 2.75) is 26.3 Å². The van der Waals surface area contributed by atoms with Crippen molar-refractivity contribution in [2.75, 3.05) is 6.54 Å². The maximum atomic E-state index is 6.35. The summed E-state index contributed by atoms with van der Waals surface area (Å²) in [6, 6.07) is 8.36. The summed E-state index contributed by atoms with van der Waals surface area (Å²) in [6.45, 7) is 5.29. The van der Waals surface area contributed by atoms with E-state index >= 15 is 0 Å². The molecule has 2 rings (SSSR count). The van der Waals surface area contributed by atoms with Crippen molar-refractivity contribution in [3.63, 3.8) is 0 Å². The Morgan fingerprint density at radius 3 is 2.72 bits per heavy atom. The van der Waals surface area contributed by atoms with E-state index in [1.165, 1.54) is 0 Å². The van der Waals surface area contributed by atoms with E-state index in [1.807, 2.05) is 12.1 Å². The molecule has 2 nitrogen and oxygen atoms in total. The third kappa shape index (κ3) is 2.95. The van der Waals surface area contributed by atoms with Gasteiger partial charge in [-0.2, -0.15) is 0 Å². The highest BCUT2D eigenvalue weighted by atomic mass is 35.5. The molecule has 1 aromatic heterocycles. The number of rotatable bonds is 5. The second kappa shape index (κ2) is 6.07. The first-order valence-corrected chi connectivity index (χ1v) is 6.65. The Morgan fingerprint density at radius 2 is 2.11 bits per heavy atom. The molecule has 3 heteroatoms. The number of hydrogen-bond acceptors (Lipinski definition) is 2. The Kier molecular flexibility index (Phi) is 4.45. The predicted molar refractivity (Wildman–Crippen MR) is 75.9 cm³/mol. The van der Waals surface area contributed by atoms with E-state index < -0.39 is 0 Å². The number of halogens is 1. The van der Waals surface area contributed by atoms with Gasteiger partial charge in [0, 0.05) is 16.6 Å². The molecule has 0 aliphatic rings. The van der Waals surface area contributed by atoms with Crippen LogP contribution in [0.25, 0.3) is 11.1 Å². The van der Waals surface area contributed by atoms with Gasteiger partial charge in [-0.1, -0.05) is 30.7 Å². The molecule has 0 spiro atoms. The zero-order valence-corrected chi connectivity index (χ0v) is 11.5. The van der Waals surface area contributed by atoms with Gasteiger partial charge in [0.1, 0.15) is 0 Å². The molecule has 1 unspecified atom stereocenters. The monoisotopic (exact) mass is 263 g/mol. The molecule has 0 saturated carbocycles. The molecule has 1 heterocycles. The Labute approximate surface area is 113 Å². The number of furan rings is 1. The van der Waals surface area contributed by atoms with Crippen molar-refractivity contribution in [3.8, 4) is 11.1 Å². The van der Waals surface area contributed by atoms with Crippen molar-refractivity contribution in [1.29, 1.82) is 0 Å². The fraction of sp³-hybridized carbons (Fsp3) is 0.333. The molecule has 96 valence electrons. The summed E-state index contributed by atoms with van der Waals surface area (Å²) in [4.78, 5) is 0. The van der Waals surface area contributed by atoms with Crippen LogP contribution in [0, 0.1) is 0 Å². The Morgan fingerprint density at radius 1 is 1.28 bits per heavy atom. The summed E-state index contributed by atoms with van der Waals surface area (Å²) in [5, 5.41) is 4.24. The van der Waals surface area contributed by atoms with Crippen LogP contribution in [0.2, 0.25) is 5.02 Å². The maximum absolute atomic E-state index is 6.35. The smallest absolute Gasteiger partial charge is 0.0980 e. The van der Waals surface area contributed by atoms with Gasteiger partial charge in [-0.25, -0.2) is 0 Å². The van der Waals surface area contributed by atoms with Gasteiger partial charge in [0.2, 0.25) is 0 Å². The average molecular weight is 264 g/mol. The maximum Gasteiger partial charge on any atom is 0.0980 e. The summed E-state index contributed by atoms with van der Waals surface area (Å²) in [5.74, 6) is 0. The molecule has 1 N–H and O–H groups in total. The lowest BCUT2D eigenvalue weighted by molar-refractivity contribution is 0.568. The molecule has 0 saturated heterocycles. The molecule has 0 amide bonds. The summed E-state index contributed by atoms with van der Waals surface area (Å²) in [5.41, 5.74) is 3.27. The second-order valence-corrected chi connectivity index (χ2v) is 4.83. The van der Waals surface area contributed by atoms with E-state index in [4.69, 9.17) is 16.0 Å². The standard InChI is InChI=1S/C15H18ClNO/c1-3-7-17-11(2)14-5-4-12(9-15(14)16)13-6-8-18-10-13/h4-6,8-11,17H,3,7H2,1-2H3. The first-order chi connectivity index (χ1) is 8.72. The average Bonchev–Trinajstić information content (AvgIpc) is 2.89. The summed E-state index contributed by atoms with van der Waals surface area (Å²) < 4.78 is 5.08. The van der Waals surface area contributed by atoms with E-state index in [1.54, 1.807) is 12.5 Å². The molecular formula is C15H18ClNO. The van der Waals surface area contributed by atoms with Crippen LogP contribution in [-0.2, 0) is 0 Å². The molecule has 2 aromatic rings. The highest BCUT2D eigenvalue weighted by Gasteiger charge is 2.10. The quantitative estimate of drug-likeness (QED) is 0.849. The van der Waals surface area contributed by atoms with Crippen LogP contribution < -0.4 is 5.32 Å². The van der Waals surface area contributed by atoms with Crippen LogP contribution in [0.5, 0.6) is 0 Å². The minimum Gasteiger partial charge on any atom is -0.472 e. The highest BCUT2D eigenvalue weighted by molar-refractivity contribution is 6.31. The second-order valence-electron chi connectivity index (χ2n) is 4.42. The number of nitrogens with one attached hydrogen (secondary N) is 1. The summed E-state index contributed by atoms with van der Waals surface area (Å²) in [6.07, 6.45) is 4.52. The molecule has 18 heavy (non-hydrogen) atoms. The molecule has 1 aromatic carbocycles. The Balaban J connectivity index is 2.20. The van der Waals surface area contributed by atoms with Crippen LogP contribution in [0.3, 0.4) is 0 Å². The fourth-order valence-electron chi connectivity index (χ4n) is 1.96. The van der Waals surface area contributed by atoms with Crippen molar-refractivity contribution in [1.82, 2.24) is 5.32 Å². The zero-order chi connectivity index (χ0) is 13.0. The SMILES string of the molecule is CCCNC(C)c1ccc(-c2ccoc2)cc1Cl. The van der Waals surface area contributed by atoms with E-state index in [0.29, 0.717) is 0 Å². The molecular weight excluding hydrogens is 246 g/mol. The molecule has 0 bridgehead atoms. The molecule has 0 aliphatic carbocycles. The fourth-order valence-corrected chi connectivity index (χ4v) is 2.30. The van der Waals surface area contributed by atoms with E-state index in [-0.39, 0.29) is 6.04 Å². The van der Waals surface area contributed by atoms with Gasteiger partial charge in [0.25, 0.3) is 0 Å². The van der Waals surface area contributed by atoms with Crippen LogP contribution in [0.4, 0.5) is 0 Å². The third-order valence-electron chi connectivity index (χ3n) is 3.02. The first-order valence-electron chi connectivity index (χ1n) is 6.27. The lowest BCUT2D eigenvalue weighted by Crippen LogP contribution is -2.19. The normalized spacial score (nSPS) is 12.6.